The van der Waals surface area contributed by atoms with Crippen molar-refractivity contribution in [3.63, 3.8) is 0 Å². The first-order chi connectivity index (χ1) is 8.88. The Labute approximate surface area is 104 Å². The van der Waals surface area contributed by atoms with E-state index in [2.05, 4.69) is 4.99 Å². The van der Waals surface area contributed by atoms with Crippen LogP contribution in [0.25, 0.3) is 11.3 Å². The van der Waals surface area contributed by atoms with Crippen LogP contribution in [0.15, 0.2) is 45.8 Å². The van der Waals surface area contributed by atoms with Crippen LogP contribution in [0, 0.1) is 0 Å². The van der Waals surface area contributed by atoms with E-state index in [9.17, 15) is 4.79 Å². The van der Waals surface area contributed by atoms with Gasteiger partial charge in [0.2, 0.25) is 5.90 Å². The summed E-state index contributed by atoms with van der Waals surface area (Å²) in [5.74, 6) is 1.59. The molecule has 3 rings (SSSR count). The molecule has 0 N–H and O–H groups in total. The Balaban J connectivity index is 2.08. The highest BCUT2D eigenvalue weighted by atomic mass is 16.5. The molecule has 4 nitrogen and oxygen atoms in total. The van der Waals surface area contributed by atoms with Crippen molar-refractivity contribution in [2.45, 2.75) is 0 Å². The second-order valence-corrected chi connectivity index (χ2v) is 3.90. The molecule has 1 aromatic carbocycles. The molecule has 0 saturated carbocycles. The van der Waals surface area contributed by atoms with Gasteiger partial charge in [0, 0.05) is 11.1 Å². The van der Waals surface area contributed by atoms with Crippen molar-refractivity contribution in [3.8, 4) is 11.3 Å². The van der Waals surface area contributed by atoms with Gasteiger partial charge in [-0.25, -0.2) is 4.99 Å². The van der Waals surface area contributed by atoms with Gasteiger partial charge in [0.25, 0.3) is 0 Å². The van der Waals surface area contributed by atoms with Crippen LogP contribution in [0.1, 0.15) is 16.1 Å². The van der Waals surface area contributed by atoms with Crippen LogP contribution in [0.4, 0.5) is 0 Å². The fourth-order valence-corrected chi connectivity index (χ4v) is 1.94. The summed E-state index contributed by atoms with van der Waals surface area (Å²) < 4.78 is 10.9. The van der Waals surface area contributed by atoms with Gasteiger partial charge >= 0.3 is 0 Å². The summed E-state index contributed by atoms with van der Waals surface area (Å²) in [6.07, 6.45) is 0.690. The van der Waals surface area contributed by atoms with Crippen molar-refractivity contribution in [1.29, 1.82) is 0 Å². The molecule has 4 heteroatoms. The highest BCUT2D eigenvalue weighted by Gasteiger charge is 2.17. The summed E-state index contributed by atoms with van der Waals surface area (Å²) in [5.41, 5.74) is 1.77. The number of carbonyl (C=O) groups excluding carboxylic acids is 1. The first-order valence-corrected chi connectivity index (χ1v) is 5.70. The van der Waals surface area contributed by atoms with E-state index >= 15 is 0 Å². The predicted octanol–water partition coefficient (Wildman–Crippen LogP) is 2.54. The topological polar surface area (TPSA) is 51.8 Å². The molecule has 0 saturated heterocycles. The number of furan rings is 1. The quantitative estimate of drug-likeness (QED) is 0.776. The van der Waals surface area contributed by atoms with Gasteiger partial charge in [-0.3, -0.25) is 4.79 Å². The molecule has 2 heterocycles. The second-order valence-electron chi connectivity index (χ2n) is 3.90. The van der Waals surface area contributed by atoms with Crippen molar-refractivity contribution in [2.24, 2.45) is 4.99 Å². The Hall–Kier alpha value is -2.36. The van der Waals surface area contributed by atoms with E-state index in [1.807, 2.05) is 24.3 Å². The van der Waals surface area contributed by atoms with Gasteiger partial charge in [0.1, 0.15) is 12.4 Å². The van der Waals surface area contributed by atoms with Gasteiger partial charge < -0.3 is 9.15 Å². The lowest BCUT2D eigenvalue weighted by Crippen LogP contribution is -2.02. The van der Waals surface area contributed by atoms with Crippen LogP contribution in [0.5, 0.6) is 0 Å². The molecule has 0 fully saturated rings. The van der Waals surface area contributed by atoms with E-state index in [0.717, 1.165) is 11.1 Å². The van der Waals surface area contributed by atoms with Crippen molar-refractivity contribution in [3.05, 3.63) is 47.7 Å². The van der Waals surface area contributed by atoms with Gasteiger partial charge in [-0.1, -0.05) is 18.2 Å². The van der Waals surface area contributed by atoms with Crippen molar-refractivity contribution in [2.75, 3.05) is 13.2 Å². The average Bonchev–Trinajstić information content (AvgIpc) is 3.10. The van der Waals surface area contributed by atoms with Crippen molar-refractivity contribution < 1.29 is 13.9 Å². The predicted molar refractivity (Wildman–Crippen MR) is 66.9 cm³/mol. The molecule has 1 aliphatic rings. The number of carbonyl (C=O) groups is 1. The third kappa shape index (κ3) is 1.82. The molecule has 0 atom stereocenters. The van der Waals surface area contributed by atoms with Gasteiger partial charge in [-0.15, -0.1) is 0 Å². The summed E-state index contributed by atoms with van der Waals surface area (Å²) in [4.78, 5) is 15.0. The molecule has 0 unspecified atom stereocenters. The number of aliphatic imine (C=N–C) groups is 1. The minimum atomic E-state index is 0.314. The molecule has 0 spiro atoms. The maximum Gasteiger partial charge on any atom is 0.217 e. The van der Waals surface area contributed by atoms with E-state index in [1.165, 1.54) is 0 Å². The normalized spacial score (nSPS) is 14.1. The maximum absolute atomic E-state index is 10.7. The SMILES string of the molecule is O=Cc1ccc(-c2ccccc2C2=NCCO2)o1. The zero-order valence-electron chi connectivity index (χ0n) is 9.63. The first kappa shape index (κ1) is 10.8. The van der Waals surface area contributed by atoms with Crippen LogP contribution in [-0.2, 0) is 4.74 Å². The number of aldehydes is 1. The number of ether oxygens (including phenoxy) is 1. The number of nitrogens with zero attached hydrogens (tertiary/aromatic N) is 1. The molecule has 1 aromatic heterocycles. The Kier molecular flexibility index (Phi) is 2.68. The fourth-order valence-electron chi connectivity index (χ4n) is 1.94. The Morgan fingerprint density at radius 1 is 1.11 bits per heavy atom. The highest BCUT2D eigenvalue weighted by molar-refractivity contribution is 6.00. The smallest absolute Gasteiger partial charge is 0.217 e. The average molecular weight is 241 g/mol. The lowest BCUT2D eigenvalue weighted by atomic mass is 10.1. The zero-order chi connectivity index (χ0) is 12.4. The van der Waals surface area contributed by atoms with Gasteiger partial charge in [0.05, 0.1) is 6.54 Å². The van der Waals surface area contributed by atoms with Crippen LogP contribution < -0.4 is 0 Å². The molecule has 0 radical (unpaired) electrons. The van der Waals surface area contributed by atoms with Crippen molar-refractivity contribution in [1.82, 2.24) is 0 Å². The van der Waals surface area contributed by atoms with Crippen LogP contribution in [0.3, 0.4) is 0 Å². The largest absolute Gasteiger partial charge is 0.475 e. The number of hydrogen-bond donors (Lipinski definition) is 0. The van der Waals surface area contributed by atoms with Gasteiger partial charge in [0.15, 0.2) is 12.0 Å². The summed E-state index contributed by atoms with van der Waals surface area (Å²) >= 11 is 0. The van der Waals surface area contributed by atoms with E-state index < -0.39 is 0 Å². The Morgan fingerprint density at radius 2 is 1.94 bits per heavy atom. The number of rotatable bonds is 3. The molecule has 0 amide bonds. The molecule has 0 bridgehead atoms. The van der Waals surface area contributed by atoms with Crippen molar-refractivity contribution >= 4 is 12.2 Å². The van der Waals surface area contributed by atoms with E-state index in [0.29, 0.717) is 36.9 Å². The molecule has 90 valence electrons. The molecule has 1 aliphatic heterocycles. The summed E-state index contributed by atoms with van der Waals surface area (Å²) in [5, 5.41) is 0. The van der Waals surface area contributed by atoms with Crippen LogP contribution in [-0.4, -0.2) is 25.3 Å². The fraction of sp³-hybridized carbons (Fsp3) is 0.143. The lowest BCUT2D eigenvalue weighted by Gasteiger charge is -2.06. The monoisotopic (exact) mass is 241 g/mol. The Morgan fingerprint density at radius 3 is 2.61 bits per heavy atom. The molecular weight excluding hydrogens is 230 g/mol. The summed E-state index contributed by atoms with van der Waals surface area (Å²) in [6.45, 7) is 1.29. The molecule has 0 aliphatic carbocycles. The van der Waals surface area contributed by atoms with Gasteiger partial charge in [-0.2, -0.15) is 0 Å². The number of hydrogen-bond acceptors (Lipinski definition) is 4. The second kappa shape index (κ2) is 4.49. The first-order valence-electron chi connectivity index (χ1n) is 5.70. The molecule has 18 heavy (non-hydrogen) atoms. The standard InChI is InChI=1S/C14H11NO3/c16-9-10-5-6-13(18-10)11-3-1-2-4-12(11)14-15-7-8-17-14/h1-6,9H,7-8H2. The Bertz CT molecular complexity index is 613. The van der Waals surface area contributed by atoms with E-state index in [1.54, 1.807) is 12.1 Å². The van der Waals surface area contributed by atoms with Crippen LogP contribution in [0.2, 0.25) is 0 Å². The van der Waals surface area contributed by atoms with E-state index in [4.69, 9.17) is 9.15 Å². The third-order valence-corrected chi connectivity index (χ3v) is 2.75. The van der Waals surface area contributed by atoms with E-state index in [-0.39, 0.29) is 0 Å². The van der Waals surface area contributed by atoms with Crippen LogP contribution >= 0.6 is 0 Å². The maximum atomic E-state index is 10.7. The molecule has 2 aromatic rings. The molecular formula is C14H11NO3. The lowest BCUT2D eigenvalue weighted by molar-refractivity contribution is 0.110. The highest BCUT2D eigenvalue weighted by Crippen LogP contribution is 2.26. The third-order valence-electron chi connectivity index (χ3n) is 2.75. The summed E-state index contributed by atoms with van der Waals surface area (Å²) in [6, 6.07) is 11.1. The summed E-state index contributed by atoms with van der Waals surface area (Å²) in [7, 11) is 0. The minimum absolute atomic E-state index is 0.314. The van der Waals surface area contributed by atoms with Gasteiger partial charge in [-0.05, 0) is 18.2 Å². The number of benzene rings is 1. The zero-order valence-corrected chi connectivity index (χ0v) is 9.63. The minimum Gasteiger partial charge on any atom is -0.475 e.